The summed E-state index contributed by atoms with van der Waals surface area (Å²) < 4.78 is 0. The zero-order valence-electron chi connectivity index (χ0n) is 15.5. The van der Waals surface area contributed by atoms with E-state index >= 15 is 0 Å². The largest absolute Gasteiger partial charge is 0.342 e. The maximum Gasteiger partial charge on any atom is 0.228 e. The normalized spacial score (nSPS) is 26.2. The smallest absolute Gasteiger partial charge is 0.228 e. The SMILES string of the molecule is Cc1ccc(CN2CC(C(=O)N3CCC(N)C(C)(C)C3)CC2=O)cc1. The van der Waals surface area contributed by atoms with Crippen molar-refractivity contribution in [2.75, 3.05) is 19.6 Å². The molecule has 5 heteroatoms. The van der Waals surface area contributed by atoms with Gasteiger partial charge in [0.1, 0.15) is 0 Å². The number of aryl methyl sites for hydroxylation is 1. The second kappa shape index (κ2) is 6.79. The topological polar surface area (TPSA) is 66.6 Å². The van der Waals surface area contributed by atoms with Gasteiger partial charge in [0.05, 0.1) is 5.92 Å². The molecule has 25 heavy (non-hydrogen) atoms. The molecule has 2 N–H and O–H groups in total. The van der Waals surface area contributed by atoms with Crippen LogP contribution < -0.4 is 5.73 Å². The summed E-state index contributed by atoms with van der Waals surface area (Å²) in [4.78, 5) is 29.0. The van der Waals surface area contributed by atoms with Gasteiger partial charge in [0.25, 0.3) is 0 Å². The summed E-state index contributed by atoms with van der Waals surface area (Å²) in [5.41, 5.74) is 8.41. The van der Waals surface area contributed by atoms with Crippen LogP contribution in [-0.4, -0.2) is 47.3 Å². The van der Waals surface area contributed by atoms with Crippen molar-refractivity contribution in [1.29, 1.82) is 0 Å². The number of rotatable bonds is 3. The predicted molar refractivity (Wildman–Crippen MR) is 97.7 cm³/mol. The molecule has 2 atom stereocenters. The molecule has 0 bridgehead atoms. The van der Waals surface area contributed by atoms with E-state index in [0.717, 1.165) is 12.0 Å². The Morgan fingerprint density at radius 1 is 1.28 bits per heavy atom. The molecule has 2 amide bonds. The van der Waals surface area contributed by atoms with E-state index in [-0.39, 0.29) is 29.2 Å². The van der Waals surface area contributed by atoms with Gasteiger partial charge in [-0.05, 0) is 24.3 Å². The van der Waals surface area contributed by atoms with Gasteiger partial charge in [-0.3, -0.25) is 9.59 Å². The van der Waals surface area contributed by atoms with Crippen LogP contribution in [0, 0.1) is 18.3 Å². The first-order chi connectivity index (χ1) is 11.8. The van der Waals surface area contributed by atoms with Crippen molar-refractivity contribution in [3.8, 4) is 0 Å². The highest BCUT2D eigenvalue weighted by molar-refractivity contribution is 5.89. The number of benzene rings is 1. The molecule has 0 aromatic heterocycles. The van der Waals surface area contributed by atoms with Gasteiger partial charge in [0, 0.05) is 38.6 Å². The molecule has 2 aliphatic heterocycles. The van der Waals surface area contributed by atoms with E-state index < -0.39 is 0 Å². The van der Waals surface area contributed by atoms with Crippen LogP contribution in [0.4, 0.5) is 0 Å². The predicted octanol–water partition coefficient (Wildman–Crippen LogP) is 1.93. The van der Waals surface area contributed by atoms with E-state index in [0.29, 0.717) is 32.6 Å². The molecule has 1 aromatic carbocycles. The van der Waals surface area contributed by atoms with Crippen LogP contribution in [0.3, 0.4) is 0 Å². The van der Waals surface area contributed by atoms with Crippen molar-refractivity contribution in [3.05, 3.63) is 35.4 Å². The third-order valence-electron chi connectivity index (χ3n) is 5.68. The Bertz CT molecular complexity index is 653. The average Bonchev–Trinajstić information content (AvgIpc) is 2.92. The van der Waals surface area contributed by atoms with E-state index in [1.165, 1.54) is 5.56 Å². The van der Waals surface area contributed by atoms with Gasteiger partial charge in [-0.1, -0.05) is 43.7 Å². The highest BCUT2D eigenvalue weighted by Crippen LogP contribution is 2.30. The van der Waals surface area contributed by atoms with E-state index in [1.54, 1.807) is 0 Å². The maximum atomic E-state index is 12.9. The lowest BCUT2D eigenvalue weighted by Gasteiger charge is -2.43. The molecule has 0 radical (unpaired) electrons. The van der Waals surface area contributed by atoms with Gasteiger partial charge in [0.2, 0.25) is 11.8 Å². The molecule has 2 fully saturated rings. The molecule has 1 aromatic rings. The Hall–Kier alpha value is -1.88. The van der Waals surface area contributed by atoms with Crippen LogP contribution >= 0.6 is 0 Å². The van der Waals surface area contributed by atoms with Crippen LogP contribution in [0.15, 0.2) is 24.3 Å². The van der Waals surface area contributed by atoms with Crippen molar-refractivity contribution >= 4 is 11.8 Å². The number of carbonyl (C=O) groups is 2. The van der Waals surface area contributed by atoms with Gasteiger partial charge in [-0.2, -0.15) is 0 Å². The molecule has 0 spiro atoms. The van der Waals surface area contributed by atoms with Gasteiger partial charge >= 0.3 is 0 Å². The van der Waals surface area contributed by atoms with Gasteiger partial charge in [-0.25, -0.2) is 0 Å². The lowest BCUT2D eigenvalue weighted by molar-refractivity contribution is -0.139. The molecule has 3 rings (SSSR count). The van der Waals surface area contributed by atoms with Crippen LogP contribution in [0.5, 0.6) is 0 Å². The second-order valence-corrected chi connectivity index (χ2v) is 8.30. The van der Waals surface area contributed by atoms with Crippen molar-refractivity contribution in [2.45, 2.75) is 46.2 Å². The van der Waals surface area contributed by atoms with Crippen LogP contribution in [0.25, 0.3) is 0 Å². The van der Waals surface area contributed by atoms with Gasteiger partial charge < -0.3 is 15.5 Å². The lowest BCUT2D eigenvalue weighted by atomic mass is 9.79. The summed E-state index contributed by atoms with van der Waals surface area (Å²) in [6, 6.07) is 8.33. The molecular weight excluding hydrogens is 314 g/mol. The first-order valence-electron chi connectivity index (χ1n) is 9.14. The summed E-state index contributed by atoms with van der Waals surface area (Å²) in [6.45, 7) is 8.75. The molecule has 2 unspecified atom stereocenters. The van der Waals surface area contributed by atoms with Crippen molar-refractivity contribution in [2.24, 2.45) is 17.1 Å². The summed E-state index contributed by atoms with van der Waals surface area (Å²) >= 11 is 0. The molecule has 0 aliphatic carbocycles. The fourth-order valence-corrected chi connectivity index (χ4v) is 3.82. The summed E-state index contributed by atoms with van der Waals surface area (Å²) in [7, 11) is 0. The second-order valence-electron chi connectivity index (χ2n) is 8.30. The highest BCUT2D eigenvalue weighted by Gasteiger charge is 2.41. The molecule has 2 heterocycles. The summed E-state index contributed by atoms with van der Waals surface area (Å²) in [5.74, 6) is -0.0327. The van der Waals surface area contributed by atoms with Crippen molar-refractivity contribution in [1.82, 2.24) is 9.80 Å². The quantitative estimate of drug-likeness (QED) is 0.912. The zero-order chi connectivity index (χ0) is 18.2. The van der Waals surface area contributed by atoms with Crippen LogP contribution in [0.1, 0.15) is 37.8 Å². The van der Waals surface area contributed by atoms with E-state index in [9.17, 15) is 9.59 Å². The standard InChI is InChI=1S/C20H29N3O2/c1-14-4-6-15(7-5-14)11-23-12-16(10-18(23)24)19(25)22-9-8-17(21)20(2,3)13-22/h4-7,16-17H,8-13,21H2,1-3H3. The minimum Gasteiger partial charge on any atom is -0.342 e. The Balaban J connectivity index is 1.62. The monoisotopic (exact) mass is 343 g/mol. The third kappa shape index (κ3) is 3.87. The summed E-state index contributed by atoms with van der Waals surface area (Å²) in [6.07, 6.45) is 1.15. The molecule has 2 saturated heterocycles. The third-order valence-corrected chi connectivity index (χ3v) is 5.68. The number of hydrogen-bond acceptors (Lipinski definition) is 3. The Morgan fingerprint density at radius 2 is 1.96 bits per heavy atom. The first kappa shape index (κ1) is 17.9. The number of likely N-dealkylation sites (tertiary alicyclic amines) is 2. The first-order valence-corrected chi connectivity index (χ1v) is 9.14. The van der Waals surface area contributed by atoms with E-state index in [2.05, 4.69) is 26.0 Å². The number of carbonyl (C=O) groups excluding carboxylic acids is 2. The fourth-order valence-electron chi connectivity index (χ4n) is 3.82. The number of nitrogens with zero attached hydrogens (tertiary/aromatic N) is 2. The lowest BCUT2D eigenvalue weighted by Crippen LogP contribution is -2.55. The molecule has 136 valence electrons. The maximum absolute atomic E-state index is 12.9. The Kier molecular flexibility index (Phi) is 4.87. The number of piperidine rings is 1. The molecule has 5 nitrogen and oxygen atoms in total. The number of hydrogen-bond donors (Lipinski definition) is 1. The number of amides is 2. The fraction of sp³-hybridized carbons (Fsp3) is 0.600. The molecular formula is C20H29N3O2. The van der Waals surface area contributed by atoms with Crippen LogP contribution in [0.2, 0.25) is 0 Å². The highest BCUT2D eigenvalue weighted by atomic mass is 16.2. The minimum absolute atomic E-state index is 0.0713. The van der Waals surface area contributed by atoms with Gasteiger partial charge in [0.15, 0.2) is 0 Å². The Morgan fingerprint density at radius 3 is 2.60 bits per heavy atom. The van der Waals surface area contributed by atoms with Crippen molar-refractivity contribution in [3.63, 3.8) is 0 Å². The van der Waals surface area contributed by atoms with Crippen molar-refractivity contribution < 1.29 is 9.59 Å². The van der Waals surface area contributed by atoms with E-state index in [4.69, 9.17) is 5.73 Å². The minimum atomic E-state index is -0.219. The van der Waals surface area contributed by atoms with Gasteiger partial charge in [-0.15, -0.1) is 0 Å². The summed E-state index contributed by atoms with van der Waals surface area (Å²) in [5, 5.41) is 0. The van der Waals surface area contributed by atoms with E-state index in [1.807, 2.05) is 28.9 Å². The zero-order valence-corrected chi connectivity index (χ0v) is 15.5. The average molecular weight is 343 g/mol. The number of nitrogens with two attached hydrogens (primary N) is 1. The molecule has 2 aliphatic rings. The Labute approximate surface area is 150 Å². The molecule has 0 saturated carbocycles. The van der Waals surface area contributed by atoms with Crippen LogP contribution in [-0.2, 0) is 16.1 Å².